The third kappa shape index (κ3) is 5.02. The van der Waals surface area contributed by atoms with Gasteiger partial charge in [-0.15, -0.1) is 0 Å². The van der Waals surface area contributed by atoms with Crippen LogP contribution in [0.5, 0.6) is 5.75 Å². The Bertz CT molecular complexity index is 444. The standard InChI is InChI=1S/C16H23NO4/c1-19-10-5-9-17-16(18)14-7-2-3-8-15(14)21-12-13-6-4-11-20-13/h2-3,7-8,13H,4-6,9-12H2,1H3,(H,17,18). The molecule has 0 aliphatic carbocycles. The molecule has 1 N–H and O–H groups in total. The minimum absolute atomic E-state index is 0.117. The molecule has 5 heteroatoms. The van der Waals surface area contributed by atoms with Crippen LogP contribution in [-0.2, 0) is 9.47 Å². The van der Waals surface area contributed by atoms with E-state index in [0.717, 1.165) is 25.9 Å². The van der Waals surface area contributed by atoms with Gasteiger partial charge in [-0.05, 0) is 31.4 Å². The van der Waals surface area contributed by atoms with E-state index in [-0.39, 0.29) is 12.0 Å². The van der Waals surface area contributed by atoms with Crippen molar-refractivity contribution in [2.75, 3.05) is 33.5 Å². The lowest BCUT2D eigenvalue weighted by molar-refractivity contribution is 0.0670. The Morgan fingerprint density at radius 3 is 3.05 bits per heavy atom. The predicted octanol–water partition coefficient (Wildman–Crippen LogP) is 2.01. The maximum atomic E-state index is 12.2. The molecule has 116 valence electrons. The SMILES string of the molecule is COCCCNC(=O)c1ccccc1OCC1CCCO1. The van der Waals surface area contributed by atoms with Crippen molar-refractivity contribution in [3.05, 3.63) is 29.8 Å². The second-order valence-corrected chi connectivity index (χ2v) is 5.04. The molecule has 0 bridgehead atoms. The van der Waals surface area contributed by atoms with Crippen LogP contribution in [0.3, 0.4) is 0 Å². The van der Waals surface area contributed by atoms with Crippen LogP contribution in [0, 0.1) is 0 Å². The molecule has 0 aromatic heterocycles. The summed E-state index contributed by atoms with van der Waals surface area (Å²) in [6.45, 7) is 2.52. The van der Waals surface area contributed by atoms with Crippen LogP contribution in [0.4, 0.5) is 0 Å². The Hall–Kier alpha value is -1.59. The fourth-order valence-electron chi connectivity index (χ4n) is 2.25. The largest absolute Gasteiger partial charge is 0.490 e. The molecule has 0 saturated carbocycles. The molecule has 0 radical (unpaired) electrons. The van der Waals surface area contributed by atoms with Crippen molar-refractivity contribution in [2.45, 2.75) is 25.4 Å². The van der Waals surface area contributed by atoms with Gasteiger partial charge in [-0.25, -0.2) is 0 Å². The number of amides is 1. The topological polar surface area (TPSA) is 56.8 Å². The van der Waals surface area contributed by atoms with Gasteiger partial charge in [0.25, 0.3) is 5.91 Å². The predicted molar refractivity (Wildman–Crippen MR) is 79.7 cm³/mol. The van der Waals surface area contributed by atoms with Gasteiger partial charge in [-0.2, -0.15) is 0 Å². The third-order valence-electron chi connectivity index (χ3n) is 3.39. The zero-order valence-electron chi connectivity index (χ0n) is 12.5. The lowest BCUT2D eigenvalue weighted by Gasteiger charge is -2.14. The zero-order chi connectivity index (χ0) is 14.9. The van der Waals surface area contributed by atoms with Gasteiger partial charge in [-0.3, -0.25) is 4.79 Å². The molecule has 1 fully saturated rings. The number of rotatable bonds is 8. The van der Waals surface area contributed by atoms with Crippen LogP contribution in [0.15, 0.2) is 24.3 Å². The average Bonchev–Trinajstić information content (AvgIpc) is 3.03. The van der Waals surface area contributed by atoms with Gasteiger partial charge in [0.1, 0.15) is 12.4 Å². The van der Waals surface area contributed by atoms with Crippen LogP contribution < -0.4 is 10.1 Å². The van der Waals surface area contributed by atoms with E-state index in [9.17, 15) is 4.79 Å². The second kappa shape index (κ2) is 8.64. The normalized spacial score (nSPS) is 17.7. The van der Waals surface area contributed by atoms with E-state index >= 15 is 0 Å². The second-order valence-electron chi connectivity index (χ2n) is 5.04. The van der Waals surface area contributed by atoms with E-state index in [1.807, 2.05) is 18.2 Å². The number of nitrogens with one attached hydrogen (secondary N) is 1. The average molecular weight is 293 g/mol. The summed E-state index contributed by atoms with van der Waals surface area (Å²) < 4.78 is 16.2. The fourth-order valence-corrected chi connectivity index (χ4v) is 2.25. The van der Waals surface area contributed by atoms with E-state index < -0.39 is 0 Å². The smallest absolute Gasteiger partial charge is 0.255 e. The van der Waals surface area contributed by atoms with Gasteiger partial charge in [0.2, 0.25) is 0 Å². The number of para-hydroxylation sites is 1. The Balaban J connectivity index is 1.87. The number of hydrogen-bond acceptors (Lipinski definition) is 4. The first-order valence-electron chi connectivity index (χ1n) is 7.42. The van der Waals surface area contributed by atoms with E-state index in [1.54, 1.807) is 13.2 Å². The Morgan fingerprint density at radius 2 is 2.29 bits per heavy atom. The maximum absolute atomic E-state index is 12.2. The summed E-state index contributed by atoms with van der Waals surface area (Å²) in [4.78, 5) is 12.2. The molecule has 5 nitrogen and oxygen atoms in total. The van der Waals surface area contributed by atoms with Crippen molar-refractivity contribution in [3.63, 3.8) is 0 Å². The number of hydrogen-bond donors (Lipinski definition) is 1. The molecule has 21 heavy (non-hydrogen) atoms. The number of methoxy groups -OCH3 is 1. The highest BCUT2D eigenvalue weighted by Gasteiger charge is 2.18. The van der Waals surface area contributed by atoms with Gasteiger partial charge >= 0.3 is 0 Å². The van der Waals surface area contributed by atoms with Gasteiger partial charge in [-0.1, -0.05) is 12.1 Å². The van der Waals surface area contributed by atoms with E-state index in [2.05, 4.69) is 5.32 Å². The molecule has 1 aliphatic heterocycles. The van der Waals surface area contributed by atoms with Crippen LogP contribution in [0.1, 0.15) is 29.6 Å². The van der Waals surface area contributed by atoms with Gasteiger partial charge < -0.3 is 19.5 Å². The van der Waals surface area contributed by atoms with Crippen molar-refractivity contribution in [2.24, 2.45) is 0 Å². The van der Waals surface area contributed by atoms with Gasteiger partial charge in [0.15, 0.2) is 0 Å². The summed E-state index contributed by atoms with van der Waals surface area (Å²) in [5.41, 5.74) is 0.563. The quantitative estimate of drug-likeness (QED) is 0.745. The van der Waals surface area contributed by atoms with E-state index in [0.29, 0.717) is 31.1 Å². The molecular formula is C16H23NO4. The fraction of sp³-hybridized carbons (Fsp3) is 0.562. The monoisotopic (exact) mass is 293 g/mol. The van der Waals surface area contributed by atoms with Crippen LogP contribution in [0.25, 0.3) is 0 Å². The molecule has 1 atom stereocenters. The highest BCUT2D eigenvalue weighted by Crippen LogP contribution is 2.20. The molecular weight excluding hydrogens is 270 g/mol. The summed E-state index contributed by atoms with van der Waals surface area (Å²) in [6, 6.07) is 7.30. The number of ether oxygens (including phenoxy) is 3. The van der Waals surface area contributed by atoms with Gasteiger partial charge in [0, 0.05) is 26.9 Å². The summed E-state index contributed by atoms with van der Waals surface area (Å²) in [7, 11) is 1.65. The summed E-state index contributed by atoms with van der Waals surface area (Å²) in [5, 5.41) is 2.87. The van der Waals surface area contributed by atoms with E-state index in [1.165, 1.54) is 0 Å². The molecule has 1 unspecified atom stereocenters. The summed E-state index contributed by atoms with van der Waals surface area (Å²) in [6.07, 6.45) is 3.03. The van der Waals surface area contributed by atoms with Crippen LogP contribution in [0.2, 0.25) is 0 Å². The van der Waals surface area contributed by atoms with Gasteiger partial charge in [0.05, 0.1) is 11.7 Å². The minimum Gasteiger partial charge on any atom is -0.490 e. The van der Waals surface area contributed by atoms with Crippen molar-refractivity contribution < 1.29 is 19.0 Å². The third-order valence-corrected chi connectivity index (χ3v) is 3.39. The highest BCUT2D eigenvalue weighted by atomic mass is 16.5. The molecule has 1 amide bonds. The minimum atomic E-state index is -0.117. The lowest BCUT2D eigenvalue weighted by atomic mass is 10.2. The first kappa shape index (κ1) is 15.8. The summed E-state index contributed by atoms with van der Waals surface area (Å²) >= 11 is 0. The Morgan fingerprint density at radius 1 is 1.43 bits per heavy atom. The Kier molecular flexibility index (Phi) is 6.50. The van der Waals surface area contributed by atoms with Crippen LogP contribution >= 0.6 is 0 Å². The Labute approximate surface area is 125 Å². The first-order valence-corrected chi connectivity index (χ1v) is 7.42. The maximum Gasteiger partial charge on any atom is 0.255 e. The van der Waals surface area contributed by atoms with Crippen molar-refractivity contribution in [1.82, 2.24) is 5.32 Å². The molecule has 1 heterocycles. The molecule has 0 spiro atoms. The molecule has 1 aromatic carbocycles. The summed E-state index contributed by atoms with van der Waals surface area (Å²) in [5.74, 6) is 0.492. The number of carbonyl (C=O) groups is 1. The van der Waals surface area contributed by atoms with Crippen molar-refractivity contribution in [3.8, 4) is 5.75 Å². The first-order chi connectivity index (χ1) is 10.3. The van der Waals surface area contributed by atoms with E-state index in [4.69, 9.17) is 14.2 Å². The lowest BCUT2D eigenvalue weighted by Crippen LogP contribution is -2.26. The van der Waals surface area contributed by atoms with Crippen LogP contribution in [-0.4, -0.2) is 45.5 Å². The van der Waals surface area contributed by atoms with Crippen molar-refractivity contribution in [1.29, 1.82) is 0 Å². The number of benzene rings is 1. The number of carbonyl (C=O) groups excluding carboxylic acids is 1. The molecule has 1 aromatic rings. The molecule has 1 saturated heterocycles. The molecule has 2 rings (SSSR count). The molecule has 1 aliphatic rings. The van der Waals surface area contributed by atoms with Crippen molar-refractivity contribution >= 4 is 5.91 Å². The highest BCUT2D eigenvalue weighted by molar-refractivity contribution is 5.96. The zero-order valence-corrected chi connectivity index (χ0v) is 12.5.